The maximum absolute atomic E-state index is 12.2. The molecule has 0 fully saturated rings. The number of carbonyl (C=O) groups is 1. The number of hydrogen-bond donors (Lipinski definition) is 1. The third kappa shape index (κ3) is 4.27. The summed E-state index contributed by atoms with van der Waals surface area (Å²) in [6, 6.07) is 7.79. The lowest BCUT2D eigenvalue weighted by Crippen LogP contribution is -2.20. The monoisotopic (exact) mass is 403 g/mol. The molecule has 0 saturated carbocycles. The third-order valence-electron chi connectivity index (χ3n) is 3.73. The van der Waals surface area contributed by atoms with Crippen molar-refractivity contribution >= 4 is 27.5 Å². The Morgan fingerprint density at radius 1 is 1.32 bits per heavy atom. The van der Waals surface area contributed by atoms with Crippen LogP contribution in [0.5, 0.6) is 5.75 Å². The highest BCUT2D eigenvalue weighted by molar-refractivity contribution is 9.10. The van der Waals surface area contributed by atoms with Gasteiger partial charge in [0.05, 0.1) is 41.9 Å². The Balaban J connectivity index is 1.61. The third-order valence-corrected chi connectivity index (χ3v) is 4.51. The molecule has 0 aliphatic heterocycles. The van der Waals surface area contributed by atoms with Crippen LogP contribution in [-0.2, 0) is 17.9 Å². The zero-order chi connectivity index (χ0) is 17.8. The fraction of sp³-hybridized carbons (Fsp3) is 0.235. The van der Waals surface area contributed by atoms with Gasteiger partial charge in [0, 0.05) is 6.20 Å². The number of anilines is 1. The van der Waals surface area contributed by atoms with Crippen molar-refractivity contribution in [2.45, 2.75) is 20.0 Å². The number of carbonyl (C=O) groups excluding carboxylic acids is 1. The number of halogens is 1. The molecule has 0 bridgehead atoms. The highest BCUT2D eigenvalue weighted by Gasteiger charge is 2.10. The number of methoxy groups -OCH3 is 1. The van der Waals surface area contributed by atoms with E-state index in [1.54, 1.807) is 35.1 Å². The van der Waals surface area contributed by atoms with Gasteiger partial charge in [-0.3, -0.25) is 14.2 Å². The van der Waals surface area contributed by atoms with Crippen LogP contribution in [0.3, 0.4) is 0 Å². The molecule has 0 unspecified atom stereocenters. The molecular formula is C17H18BrN5O2. The zero-order valence-electron chi connectivity index (χ0n) is 13.9. The molecule has 0 saturated heterocycles. The highest BCUT2D eigenvalue weighted by atomic mass is 79.9. The molecule has 0 atom stereocenters. The average Bonchev–Trinajstić information content (AvgIpc) is 3.16. The van der Waals surface area contributed by atoms with E-state index in [9.17, 15) is 4.79 Å². The van der Waals surface area contributed by atoms with Crippen molar-refractivity contribution in [2.24, 2.45) is 0 Å². The van der Waals surface area contributed by atoms with Crippen LogP contribution in [0.25, 0.3) is 0 Å². The van der Waals surface area contributed by atoms with E-state index < -0.39 is 0 Å². The van der Waals surface area contributed by atoms with E-state index in [1.807, 2.05) is 31.2 Å². The van der Waals surface area contributed by atoms with E-state index in [0.717, 1.165) is 21.5 Å². The fourth-order valence-electron chi connectivity index (χ4n) is 2.39. The molecule has 1 aromatic carbocycles. The molecule has 1 N–H and O–H groups in total. The Kier molecular flexibility index (Phi) is 5.18. The lowest BCUT2D eigenvalue weighted by Gasteiger charge is -2.05. The summed E-state index contributed by atoms with van der Waals surface area (Å²) in [5.41, 5.74) is 2.62. The van der Waals surface area contributed by atoms with Crippen LogP contribution in [0, 0.1) is 6.92 Å². The summed E-state index contributed by atoms with van der Waals surface area (Å²) in [5, 5.41) is 11.3. The first kappa shape index (κ1) is 17.2. The summed E-state index contributed by atoms with van der Waals surface area (Å²) in [5.74, 6) is 0.651. The van der Waals surface area contributed by atoms with Crippen molar-refractivity contribution in [3.05, 3.63) is 58.6 Å². The van der Waals surface area contributed by atoms with Gasteiger partial charge in [0.2, 0.25) is 5.91 Å². The molecular weight excluding hydrogens is 386 g/mol. The van der Waals surface area contributed by atoms with Crippen molar-refractivity contribution in [3.63, 3.8) is 0 Å². The highest BCUT2D eigenvalue weighted by Crippen LogP contribution is 2.16. The van der Waals surface area contributed by atoms with Gasteiger partial charge >= 0.3 is 0 Å². The summed E-state index contributed by atoms with van der Waals surface area (Å²) < 4.78 is 9.50. The minimum Gasteiger partial charge on any atom is -0.497 e. The molecule has 2 aromatic heterocycles. The Hall–Kier alpha value is -2.61. The van der Waals surface area contributed by atoms with Crippen molar-refractivity contribution in [1.29, 1.82) is 0 Å². The Morgan fingerprint density at radius 3 is 2.88 bits per heavy atom. The molecule has 3 aromatic rings. The van der Waals surface area contributed by atoms with Crippen molar-refractivity contribution in [1.82, 2.24) is 19.6 Å². The van der Waals surface area contributed by atoms with Gasteiger partial charge in [0.25, 0.3) is 0 Å². The smallest absolute Gasteiger partial charge is 0.246 e. The molecule has 7 nitrogen and oxygen atoms in total. The molecule has 130 valence electrons. The molecule has 1 amide bonds. The fourth-order valence-corrected chi connectivity index (χ4v) is 2.69. The molecule has 25 heavy (non-hydrogen) atoms. The van der Waals surface area contributed by atoms with Crippen molar-refractivity contribution < 1.29 is 9.53 Å². The quantitative estimate of drug-likeness (QED) is 0.686. The summed E-state index contributed by atoms with van der Waals surface area (Å²) in [7, 11) is 1.64. The van der Waals surface area contributed by atoms with Crippen LogP contribution >= 0.6 is 15.9 Å². The van der Waals surface area contributed by atoms with Crippen LogP contribution in [-0.4, -0.2) is 32.6 Å². The summed E-state index contributed by atoms with van der Waals surface area (Å²) in [6.07, 6.45) is 5.10. The molecule has 0 radical (unpaired) electrons. The summed E-state index contributed by atoms with van der Waals surface area (Å²) in [4.78, 5) is 12.2. The molecule has 3 rings (SSSR count). The topological polar surface area (TPSA) is 74.0 Å². The van der Waals surface area contributed by atoms with E-state index in [2.05, 4.69) is 31.4 Å². The number of nitrogens with zero attached hydrogens (tertiary/aromatic N) is 4. The number of nitrogens with one attached hydrogen (secondary N) is 1. The Labute approximate surface area is 153 Å². The van der Waals surface area contributed by atoms with Gasteiger partial charge in [-0.1, -0.05) is 12.1 Å². The second kappa shape index (κ2) is 7.52. The molecule has 0 aliphatic rings. The maximum atomic E-state index is 12.2. The number of rotatable bonds is 6. The largest absolute Gasteiger partial charge is 0.497 e. The lowest BCUT2D eigenvalue weighted by atomic mass is 10.2. The SMILES string of the molecule is COc1cccc(Cn2cc(NC(=O)Cn3ncc(Br)c3C)cn2)c1. The summed E-state index contributed by atoms with van der Waals surface area (Å²) in [6.45, 7) is 2.65. The van der Waals surface area contributed by atoms with Gasteiger partial charge in [-0.05, 0) is 40.5 Å². The van der Waals surface area contributed by atoms with E-state index >= 15 is 0 Å². The minimum absolute atomic E-state index is 0.151. The Bertz CT molecular complexity index is 887. The van der Waals surface area contributed by atoms with E-state index in [0.29, 0.717) is 12.2 Å². The van der Waals surface area contributed by atoms with Crippen molar-refractivity contribution in [2.75, 3.05) is 12.4 Å². The standard InChI is InChI=1S/C17H18BrN5O2/c1-12-16(18)8-20-23(12)11-17(24)21-14-7-19-22(10-14)9-13-4-3-5-15(6-13)25-2/h3-8,10H,9,11H2,1-2H3,(H,21,24). The van der Waals surface area contributed by atoms with Gasteiger partial charge in [0.15, 0.2) is 0 Å². The number of aromatic nitrogens is 4. The first-order valence-corrected chi connectivity index (χ1v) is 8.47. The van der Waals surface area contributed by atoms with Gasteiger partial charge in [-0.2, -0.15) is 10.2 Å². The predicted molar refractivity (Wildman–Crippen MR) is 97.6 cm³/mol. The zero-order valence-corrected chi connectivity index (χ0v) is 15.5. The predicted octanol–water partition coefficient (Wildman–Crippen LogP) is 2.85. The van der Waals surface area contributed by atoms with E-state index in [-0.39, 0.29) is 12.5 Å². The van der Waals surface area contributed by atoms with Crippen LogP contribution in [0.15, 0.2) is 47.3 Å². The van der Waals surface area contributed by atoms with Crippen LogP contribution < -0.4 is 10.1 Å². The van der Waals surface area contributed by atoms with Gasteiger partial charge in [-0.15, -0.1) is 0 Å². The number of hydrogen-bond acceptors (Lipinski definition) is 4. The molecule has 2 heterocycles. The number of amides is 1. The first-order chi connectivity index (χ1) is 12.0. The first-order valence-electron chi connectivity index (χ1n) is 7.68. The second-order valence-electron chi connectivity index (χ2n) is 5.56. The Morgan fingerprint density at radius 2 is 2.16 bits per heavy atom. The van der Waals surface area contributed by atoms with Crippen LogP contribution in [0.2, 0.25) is 0 Å². The average molecular weight is 404 g/mol. The normalized spacial score (nSPS) is 10.7. The molecule has 0 spiro atoms. The lowest BCUT2D eigenvalue weighted by molar-refractivity contribution is -0.116. The van der Waals surface area contributed by atoms with Crippen molar-refractivity contribution in [3.8, 4) is 5.75 Å². The number of ether oxygens (including phenoxy) is 1. The van der Waals surface area contributed by atoms with Crippen LogP contribution in [0.1, 0.15) is 11.3 Å². The second-order valence-corrected chi connectivity index (χ2v) is 6.42. The van der Waals surface area contributed by atoms with Gasteiger partial charge in [-0.25, -0.2) is 0 Å². The van der Waals surface area contributed by atoms with Gasteiger partial charge < -0.3 is 10.1 Å². The summed E-state index contributed by atoms with van der Waals surface area (Å²) >= 11 is 3.38. The number of benzene rings is 1. The minimum atomic E-state index is -0.153. The maximum Gasteiger partial charge on any atom is 0.246 e. The van der Waals surface area contributed by atoms with E-state index in [4.69, 9.17) is 4.74 Å². The van der Waals surface area contributed by atoms with E-state index in [1.165, 1.54) is 0 Å². The molecule has 0 aliphatic carbocycles. The van der Waals surface area contributed by atoms with Crippen LogP contribution in [0.4, 0.5) is 5.69 Å². The molecule has 8 heteroatoms. The van der Waals surface area contributed by atoms with Gasteiger partial charge in [0.1, 0.15) is 12.3 Å².